The first-order valence-electron chi connectivity index (χ1n) is 7.31. The van der Waals surface area contributed by atoms with E-state index in [0.29, 0.717) is 11.3 Å². The summed E-state index contributed by atoms with van der Waals surface area (Å²) in [6.07, 6.45) is 4.12. The van der Waals surface area contributed by atoms with E-state index in [1.165, 1.54) is 0 Å². The van der Waals surface area contributed by atoms with Gasteiger partial charge in [-0.3, -0.25) is 9.52 Å². The number of benzene rings is 1. The van der Waals surface area contributed by atoms with E-state index in [0.717, 1.165) is 31.9 Å². The Morgan fingerprint density at radius 3 is 2.36 bits per heavy atom. The molecule has 0 heterocycles. The third-order valence-corrected chi connectivity index (χ3v) is 4.55. The van der Waals surface area contributed by atoms with Crippen molar-refractivity contribution < 1.29 is 18.3 Å². The van der Waals surface area contributed by atoms with Crippen LogP contribution in [0.5, 0.6) is 0 Å². The molecule has 1 aliphatic rings. The zero-order chi connectivity index (χ0) is 16.3. The molecule has 0 saturated heterocycles. The molecule has 1 saturated carbocycles. The number of hydrogen-bond acceptors (Lipinski definition) is 4. The van der Waals surface area contributed by atoms with Crippen LogP contribution in [-0.4, -0.2) is 49.8 Å². The Morgan fingerprint density at radius 1 is 1.23 bits per heavy atom. The fraction of sp³-hybridized carbons (Fsp3) is 0.533. The lowest BCUT2D eigenvalue weighted by Gasteiger charge is -2.35. The van der Waals surface area contributed by atoms with Crippen LogP contribution in [0.3, 0.4) is 0 Å². The van der Waals surface area contributed by atoms with Gasteiger partial charge in [0.25, 0.3) is 5.91 Å². The van der Waals surface area contributed by atoms with E-state index in [2.05, 4.69) is 4.72 Å². The Hall–Kier alpha value is -1.60. The van der Waals surface area contributed by atoms with Gasteiger partial charge in [-0.15, -0.1) is 0 Å². The summed E-state index contributed by atoms with van der Waals surface area (Å²) in [6, 6.07) is 6.12. The minimum Gasteiger partial charge on any atom is -0.391 e. The van der Waals surface area contributed by atoms with Gasteiger partial charge in [0.1, 0.15) is 0 Å². The highest BCUT2D eigenvalue weighted by atomic mass is 32.2. The molecule has 0 bridgehead atoms. The van der Waals surface area contributed by atoms with E-state index in [1.807, 2.05) is 0 Å². The molecule has 6 nitrogen and oxygen atoms in total. The minimum atomic E-state index is -3.33. The Morgan fingerprint density at radius 2 is 1.82 bits per heavy atom. The second-order valence-corrected chi connectivity index (χ2v) is 7.54. The number of hydrogen-bond donors (Lipinski definition) is 2. The van der Waals surface area contributed by atoms with Crippen LogP contribution in [0.1, 0.15) is 36.0 Å². The molecular weight excluding hydrogens is 304 g/mol. The number of nitrogens with one attached hydrogen (secondary N) is 1. The largest absolute Gasteiger partial charge is 0.391 e. The van der Waals surface area contributed by atoms with E-state index in [-0.39, 0.29) is 11.9 Å². The Labute approximate surface area is 131 Å². The van der Waals surface area contributed by atoms with Crippen LogP contribution in [0, 0.1) is 0 Å². The molecule has 0 spiro atoms. The standard InChI is InChI=1S/C15H22N2O4S/c1-17(13-5-3-4-6-14(13)18)15(19)11-7-9-12(10-8-11)16-22(2,20)21/h7-10,13-14,16,18H,3-6H2,1-2H3/t13-,14-/m1/s1. The molecule has 0 aromatic heterocycles. The summed E-state index contributed by atoms with van der Waals surface area (Å²) in [5.74, 6) is -0.170. The van der Waals surface area contributed by atoms with Crippen molar-refractivity contribution in [2.24, 2.45) is 0 Å². The molecule has 122 valence electrons. The Kier molecular flexibility index (Phi) is 5.08. The average Bonchev–Trinajstić information content (AvgIpc) is 2.45. The first kappa shape index (κ1) is 16.8. The number of carbonyl (C=O) groups is 1. The summed E-state index contributed by atoms with van der Waals surface area (Å²) in [6.45, 7) is 0. The van der Waals surface area contributed by atoms with Crippen molar-refractivity contribution in [3.8, 4) is 0 Å². The highest BCUT2D eigenvalue weighted by Gasteiger charge is 2.29. The maximum Gasteiger partial charge on any atom is 0.253 e. The van der Waals surface area contributed by atoms with Crippen molar-refractivity contribution in [2.45, 2.75) is 37.8 Å². The molecule has 1 fully saturated rings. The number of aliphatic hydroxyl groups excluding tert-OH is 1. The first-order chi connectivity index (χ1) is 10.3. The van der Waals surface area contributed by atoms with E-state index in [1.54, 1.807) is 36.2 Å². The number of aliphatic hydroxyl groups is 1. The number of likely N-dealkylation sites (N-methyl/N-ethyl adjacent to an activating group) is 1. The summed E-state index contributed by atoms with van der Waals surface area (Å²) >= 11 is 0. The van der Waals surface area contributed by atoms with E-state index in [4.69, 9.17) is 0 Å². The molecule has 1 aliphatic carbocycles. The zero-order valence-corrected chi connectivity index (χ0v) is 13.6. The van der Waals surface area contributed by atoms with E-state index in [9.17, 15) is 18.3 Å². The molecule has 0 aliphatic heterocycles. The van der Waals surface area contributed by atoms with Crippen molar-refractivity contribution in [3.63, 3.8) is 0 Å². The maximum absolute atomic E-state index is 12.5. The molecule has 2 rings (SSSR count). The van der Waals surface area contributed by atoms with Crippen molar-refractivity contribution in [2.75, 3.05) is 18.0 Å². The van der Waals surface area contributed by atoms with Crippen molar-refractivity contribution >= 4 is 21.6 Å². The van der Waals surface area contributed by atoms with Crippen LogP contribution in [0.4, 0.5) is 5.69 Å². The molecule has 22 heavy (non-hydrogen) atoms. The van der Waals surface area contributed by atoms with Crippen LogP contribution in [0.25, 0.3) is 0 Å². The zero-order valence-electron chi connectivity index (χ0n) is 12.8. The number of rotatable bonds is 4. The molecular formula is C15H22N2O4S. The van der Waals surface area contributed by atoms with Crippen LogP contribution < -0.4 is 4.72 Å². The fourth-order valence-electron chi connectivity index (χ4n) is 2.79. The van der Waals surface area contributed by atoms with E-state index < -0.39 is 16.1 Å². The quantitative estimate of drug-likeness (QED) is 0.876. The fourth-order valence-corrected chi connectivity index (χ4v) is 3.36. The van der Waals surface area contributed by atoms with Gasteiger partial charge in [-0.05, 0) is 37.1 Å². The molecule has 2 atom stereocenters. The first-order valence-corrected chi connectivity index (χ1v) is 9.20. The molecule has 2 N–H and O–H groups in total. The second kappa shape index (κ2) is 6.66. The SMILES string of the molecule is CN(C(=O)c1ccc(NS(C)(=O)=O)cc1)[C@@H]1CCCC[C@H]1O. The van der Waals surface area contributed by atoms with Gasteiger partial charge < -0.3 is 10.0 Å². The third kappa shape index (κ3) is 4.20. The topological polar surface area (TPSA) is 86.7 Å². The summed E-state index contributed by atoms with van der Waals surface area (Å²) in [4.78, 5) is 14.0. The molecule has 1 amide bonds. The summed E-state index contributed by atoms with van der Waals surface area (Å²) in [5.41, 5.74) is 0.888. The van der Waals surface area contributed by atoms with Gasteiger partial charge in [0, 0.05) is 18.3 Å². The van der Waals surface area contributed by atoms with Gasteiger partial charge in [0.15, 0.2) is 0 Å². The highest BCUT2D eigenvalue weighted by molar-refractivity contribution is 7.92. The van der Waals surface area contributed by atoms with Crippen molar-refractivity contribution in [1.82, 2.24) is 4.90 Å². The predicted octanol–water partition coefficient (Wildman–Crippen LogP) is 1.43. The van der Waals surface area contributed by atoms with Crippen LogP contribution in [0.2, 0.25) is 0 Å². The van der Waals surface area contributed by atoms with Crippen LogP contribution >= 0.6 is 0 Å². The monoisotopic (exact) mass is 326 g/mol. The Bertz CT molecular complexity index is 627. The summed E-state index contributed by atoms with van der Waals surface area (Å²) in [7, 11) is -1.63. The second-order valence-electron chi connectivity index (χ2n) is 5.79. The van der Waals surface area contributed by atoms with Gasteiger partial charge >= 0.3 is 0 Å². The van der Waals surface area contributed by atoms with Crippen molar-refractivity contribution in [1.29, 1.82) is 0 Å². The summed E-state index contributed by atoms with van der Waals surface area (Å²) in [5, 5.41) is 10.0. The smallest absolute Gasteiger partial charge is 0.253 e. The Balaban J connectivity index is 2.08. The maximum atomic E-state index is 12.5. The van der Waals surface area contributed by atoms with Crippen LogP contribution in [-0.2, 0) is 10.0 Å². The van der Waals surface area contributed by atoms with Gasteiger partial charge in [-0.25, -0.2) is 8.42 Å². The number of amides is 1. The number of carbonyl (C=O) groups excluding carboxylic acids is 1. The minimum absolute atomic E-state index is 0.157. The third-order valence-electron chi connectivity index (χ3n) is 3.95. The number of nitrogens with zero attached hydrogens (tertiary/aromatic N) is 1. The molecule has 1 aromatic carbocycles. The van der Waals surface area contributed by atoms with Gasteiger partial charge in [0.05, 0.1) is 18.4 Å². The molecule has 7 heteroatoms. The average molecular weight is 326 g/mol. The molecule has 0 radical (unpaired) electrons. The van der Waals surface area contributed by atoms with Gasteiger partial charge in [0.2, 0.25) is 10.0 Å². The number of sulfonamides is 1. The van der Waals surface area contributed by atoms with E-state index >= 15 is 0 Å². The molecule has 1 aromatic rings. The summed E-state index contributed by atoms with van der Waals surface area (Å²) < 4.78 is 24.7. The van der Waals surface area contributed by atoms with Gasteiger partial charge in [-0.2, -0.15) is 0 Å². The normalized spacial score (nSPS) is 22.1. The van der Waals surface area contributed by atoms with Crippen molar-refractivity contribution in [3.05, 3.63) is 29.8 Å². The lowest BCUT2D eigenvalue weighted by Crippen LogP contribution is -2.46. The van der Waals surface area contributed by atoms with Crippen LogP contribution in [0.15, 0.2) is 24.3 Å². The lowest BCUT2D eigenvalue weighted by atomic mass is 9.91. The molecule has 0 unspecified atom stereocenters. The predicted molar refractivity (Wildman–Crippen MR) is 85.3 cm³/mol. The van der Waals surface area contributed by atoms with Gasteiger partial charge in [-0.1, -0.05) is 12.8 Å². The number of anilines is 1. The lowest BCUT2D eigenvalue weighted by molar-refractivity contribution is 0.0268. The highest BCUT2D eigenvalue weighted by Crippen LogP contribution is 2.24.